The molecule has 0 heterocycles. The van der Waals surface area contributed by atoms with Crippen LogP contribution in [0.4, 0.5) is 0 Å². The van der Waals surface area contributed by atoms with Crippen molar-refractivity contribution in [3.8, 4) is 5.75 Å². The molecule has 1 rings (SSSR count). The Labute approximate surface area is 124 Å². The van der Waals surface area contributed by atoms with E-state index in [0.717, 1.165) is 31.6 Å². The Balaban J connectivity index is 2.29. The highest BCUT2D eigenvalue weighted by atomic mass is 16.5. The average molecular weight is 277 g/mol. The Kier molecular flexibility index (Phi) is 8.36. The molecule has 0 saturated heterocycles. The second kappa shape index (κ2) is 9.82. The molecule has 0 bridgehead atoms. The Hall–Kier alpha value is -1.02. The van der Waals surface area contributed by atoms with Gasteiger partial charge >= 0.3 is 0 Å². The predicted octanol–water partition coefficient (Wildman–Crippen LogP) is 4.56. The number of unbranched alkanes of at least 4 members (excludes halogenated alkanes) is 3. The molecule has 1 aromatic carbocycles. The first-order valence-corrected chi connectivity index (χ1v) is 8.09. The van der Waals surface area contributed by atoms with E-state index < -0.39 is 0 Å². The smallest absolute Gasteiger partial charge is 0.119 e. The van der Waals surface area contributed by atoms with Crippen LogP contribution in [-0.4, -0.2) is 12.6 Å². The molecule has 2 unspecified atom stereocenters. The lowest BCUT2D eigenvalue weighted by Gasteiger charge is -2.14. The normalized spacial score (nSPS) is 14.0. The summed E-state index contributed by atoms with van der Waals surface area (Å²) in [6.07, 6.45) is 7.17. The average Bonchev–Trinajstić information content (AvgIpc) is 2.39. The van der Waals surface area contributed by atoms with E-state index in [1.807, 2.05) is 0 Å². The quantitative estimate of drug-likeness (QED) is 0.636. The van der Waals surface area contributed by atoms with E-state index in [2.05, 4.69) is 45.0 Å². The Bertz CT molecular complexity index is 345. The summed E-state index contributed by atoms with van der Waals surface area (Å²) < 4.78 is 5.76. The second-order valence-electron chi connectivity index (χ2n) is 6.08. The van der Waals surface area contributed by atoms with Gasteiger partial charge in [-0.25, -0.2) is 0 Å². The van der Waals surface area contributed by atoms with E-state index in [-0.39, 0.29) is 6.04 Å². The first kappa shape index (κ1) is 17.0. The third-order valence-corrected chi connectivity index (χ3v) is 3.55. The van der Waals surface area contributed by atoms with Crippen molar-refractivity contribution in [3.63, 3.8) is 0 Å². The molecule has 2 atom stereocenters. The van der Waals surface area contributed by atoms with Gasteiger partial charge in [0, 0.05) is 6.04 Å². The summed E-state index contributed by atoms with van der Waals surface area (Å²) in [6, 6.07) is 8.83. The van der Waals surface area contributed by atoms with Crippen LogP contribution in [0.3, 0.4) is 0 Å². The van der Waals surface area contributed by atoms with Crippen LogP contribution in [-0.2, 0) is 6.42 Å². The monoisotopic (exact) mass is 277 g/mol. The van der Waals surface area contributed by atoms with Crippen molar-refractivity contribution in [2.75, 3.05) is 6.61 Å². The summed E-state index contributed by atoms with van der Waals surface area (Å²) in [5.41, 5.74) is 7.21. The van der Waals surface area contributed by atoms with Crippen molar-refractivity contribution >= 4 is 0 Å². The Morgan fingerprint density at radius 1 is 1.05 bits per heavy atom. The number of hydrogen-bond donors (Lipinski definition) is 1. The summed E-state index contributed by atoms with van der Waals surface area (Å²) in [4.78, 5) is 0. The summed E-state index contributed by atoms with van der Waals surface area (Å²) in [6.45, 7) is 7.40. The zero-order valence-corrected chi connectivity index (χ0v) is 13.4. The lowest BCUT2D eigenvalue weighted by Crippen LogP contribution is -2.19. The lowest BCUT2D eigenvalue weighted by molar-refractivity contribution is 0.305. The molecule has 0 aliphatic rings. The minimum atomic E-state index is 0.288. The van der Waals surface area contributed by atoms with Gasteiger partial charge in [-0.3, -0.25) is 0 Å². The molecule has 0 amide bonds. The molecule has 2 heteroatoms. The van der Waals surface area contributed by atoms with Crippen LogP contribution in [0.25, 0.3) is 0 Å². The molecular formula is C18H31NO. The highest BCUT2D eigenvalue weighted by Gasteiger charge is 2.06. The highest BCUT2D eigenvalue weighted by molar-refractivity contribution is 5.27. The number of hydrogen-bond acceptors (Lipinski definition) is 2. The van der Waals surface area contributed by atoms with Crippen LogP contribution in [0.2, 0.25) is 0 Å². The lowest BCUT2D eigenvalue weighted by atomic mass is 9.95. The number of benzene rings is 1. The van der Waals surface area contributed by atoms with Crippen LogP contribution < -0.4 is 10.5 Å². The van der Waals surface area contributed by atoms with Crippen LogP contribution in [0.15, 0.2) is 24.3 Å². The Morgan fingerprint density at radius 3 is 2.35 bits per heavy atom. The maximum absolute atomic E-state index is 5.84. The van der Waals surface area contributed by atoms with Gasteiger partial charge in [0.25, 0.3) is 0 Å². The van der Waals surface area contributed by atoms with Crippen molar-refractivity contribution in [2.45, 2.75) is 65.3 Å². The molecule has 1 aromatic rings. The zero-order valence-electron chi connectivity index (χ0n) is 13.4. The van der Waals surface area contributed by atoms with Gasteiger partial charge in [0.05, 0.1) is 6.61 Å². The minimum Gasteiger partial charge on any atom is -0.494 e. The van der Waals surface area contributed by atoms with E-state index in [0.29, 0.717) is 5.92 Å². The van der Waals surface area contributed by atoms with Gasteiger partial charge in [0.1, 0.15) is 5.75 Å². The van der Waals surface area contributed by atoms with E-state index in [9.17, 15) is 0 Å². The third-order valence-electron chi connectivity index (χ3n) is 3.55. The zero-order chi connectivity index (χ0) is 14.8. The SMILES string of the molecule is CCCCCCOc1ccc(CC(C)CC(C)N)cc1. The van der Waals surface area contributed by atoms with Gasteiger partial charge in [-0.2, -0.15) is 0 Å². The van der Waals surface area contributed by atoms with Crippen molar-refractivity contribution < 1.29 is 4.74 Å². The van der Waals surface area contributed by atoms with E-state index in [1.165, 1.54) is 24.8 Å². The summed E-state index contributed by atoms with van der Waals surface area (Å²) in [5.74, 6) is 1.63. The maximum atomic E-state index is 5.84. The molecule has 0 aliphatic carbocycles. The van der Waals surface area contributed by atoms with E-state index in [1.54, 1.807) is 0 Å². The fourth-order valence-electron chi connectivity index (χ4n) is 2.56. The number of rotatable bonds is 10. The topological polar surface area (TPSA) is 35.2 Å². The maximum Gasteiger partial charge on any atom is 0.119 e. The number of nitrogens with two attached hydrogens (primary N) is 1. The molecule has 0 aliphatic heterocycles. The molecule has 0 fully saturated rings. The van der Waals surface area contributed by atoms with Crippen molar-refractivity contribution in [2.24, 2.45) is 11.7 Å². The van der Waals surface area contributed by atoms with Gasteiger partial charge in [-0.15, -0.1) is 0 Å². The minimum absolute atomic E-state index is 0.288. The van der Waals surface area contributed by atoms with Gasteiger partial charge in [0.2, 0.25) is 0 Å². The number of ether oxygens (including phenoxy) is 1. The van der Waals surface area contributed by atoms with Gasteiger partial charge < -0.3 is 10.5 Å². The molecule has 20 heavy (non-hydrogen) atoms. The van der Waals surface area contributed by atoms with Crippen LogP contribution in [0.5, 0.6) is 5.75 Å². The van der Waals surface area contributed by atoms with Crippen molar-refractivity contribution in [1.29, 1.82) is 0 Å². The molecule has 0 spiro atoms. The third kappa shape index (κ3) is 7.54. The Morgan fingerprint density at radius 2 is 1.75 bits per heavy atom. The van der Waals surface area contributed by atoms with E-state index >= 15 is 0 Å². The summed E-state index contributed by atoms with van der Waals surface area (Å²) >= 11 is 0. The van der Waals surface area contributed by atoms with E-state index in [4.69, 9.17) is 10.5 Å². The fourth-order valence-corrected chi connectivity index (χ4v) is 2.56. The van der Waals surface area contributed by atoms with Gasteiger partial charge in [0.15, 0.2) is 0 Å². The largest absolute Gasteiger partial charge is 0.494 e. The molecular weight excluding hydrogens is 246 g/mol. The van der Waals surface area contributed by atoms with Gasteiger partial charge in [-0.1, -0.05) is 45.2 Å². The molecule has 2 nitrogen and oxygen atoms in total. The van der Waals surface area contributed by atoms with Gasteiger partial charge in [-0.05, 0) is 49.8 Å². The van der Waals surface area contributed by atoms with Crippen molar-refractivity contribution in [1.82, 2.24) is 0 Å². The van der Waals surface area contributed by atoms with Crippen LogP contribution >= 0.6 is 0 Å². The standard InChI is InChI=1S/C18H31NO/c1-4-5-6-7-12-20-18-10-8-17(9-11-18)14-15(2)13-16(3)19/h8-11,15-16H,4-7,12-14,19H2,1-3H3. The highest BCUT2D eigenvalue weighted by Crippen LogP contribution is 2.17. The fraction of sp³-hybridized carbons (Fsp3) is 0.667. The second-order valence-corrected chi connectivity index (χ2v) is 6.08. The molecule has 0 radical (unpaired) electrons. The molecule has 2 N–H and O–H groups in total. The van der Waals surface area contributed by atoms with Crippen molar-refractivity contribution in [3.05, 3.63) is 29.8 Å². The molecule has 114 valence electrons. The van der Waals surface area contributed by atoms with Crippen LogP contribution in [0.1, 0.15) is 58.4 Å². The summed E-state index contributed by atoms with van der Waals surface area (Å²) in [7, 11) is 0. The van der Waals surface area contributed by atoms with Crippen LogP contribution in [0, 0.1) is 5.92 Å². The first-order chi connectivity index (χ1) is 9.61. The first-order valence-electron chi connectivity index (χ1n) is 8.09. The molecule has 0 saturated carbocycles. The molecule has 0 aromatic heterocycles. The predicted molar refractivity (Wildman–Crippen MR) is 87.2 cm³/mol. The summed E-state index contributed by atoms with van der Waals surface area (Å²) in [5, 5.41) is 0.